The Morgan fingerprint density at radius 1 is 1.07 bits per heavy atom. The molecule has 0 spiro atoms. The molecule has 0 aromatic heterocycles. The Balaban J connectivity index is 1.17. The number of halogens is 1. The van der Waals surface area contributed by atoms with Crippen LogP contribution < -0.4 is 15.4 Å². The maximum absolute atomic E-state index is 12.5. The molecule has 1 fully saturated rings. The molecule has 1 heterocycles. The summed E-state index contributed by atoms with van der Waals surface area (Å²) in [6.07, 6.45) is 7.26. The standard InChI is InChI=1S/C33H38BrN3O3S/c1-40-31-13-12-27(22-29(31)34)21-28(24-38)41-32-11-6-5-10-30(32)36-23-33(39)35-16-7-17-37-18-14-26(15-19-37)20-25-8-3-2-4-9-25/h2-6,8-13,21-22,24,26,36H,7,14-20,23H2,1H3,(H,35,39). The molecule has 41 heavy (non-hydrogen) atoms. The van der Waals surface area contributed by atoms with E-state index in [9.17, 15) is 9.59 Å². The third-order valence-electron chi connectivity index (χ3n) is 7.20. The van der Waals surface area contributed by atoms with Gasteiger partial charge in [0.1, 0.15) is 5.75 Å². The summed E-state index contributed by atoms with van der Waals surface area (Å²) in [5, 5.41) is 6.27. The zero-order valence-corrected chi connectivity index (χ0v) is 25.9. The number of methoxy groups -OCH3 is 1. The zero-order chi connectivity index (χ0) is 28.9. The van der Waals surface area contributed by atoms with E-state index in [2.05, 4.69) is 61.8 Å². The van der Waals surface area contributed by atoms with Gasteiger partial charge in [0, 0.05) is 17.1 Å². The van der Waals surface area contributed by atoms with E-state index < -0.39 is 0 Å². The Morgan fingerprint density at radius 2 is 1.83 bits per heavy atom. The highest BCUT2D eigenvalue weighted by atomic mass is 79.9. The molecule has 3 aromatic carbocycles. The van der Waals surface area contributed by atoms with Crippen LogP contribution in [0, 0.1) is 5.92 Å². The second kappa shape index (κ2) is 16.4. The number of benzene rings is 3. The lowest BCUT2D eigenvalue weighted by Gasteiger charge is -2.32. The SMILES string of the molecule is COc1ccc(C=C(C=O)Sc2ccccc2NCC(=O)NCCCN2CCC(Cc3ccccc3)CC2)cc1Br. The molecule has 3 aromatic rings. The number of piperidine rings is 1. The van der Waals surface area contributed by atoms with Gasteiger partial charge in [-0.1, -0.05) is 60.3 Å². The largest absolute Gasteiger partial charge is 0.496 e. The maximum atomic E-state index is 12.5. The number of aldehydes is 1. The minimum absolute atomic E-state index is 0.0411. The summed E-state index contributed by atoms with van der Waals surface area (Å²) in [6, 6.07) is 24.1. The number of hydrogen-bond acceptors (Lipinski definition) is 6. The van der Waals surface area contributed by atoms with Crippen LogP contribution in [0.25, 0.3) is 6.08 Å². The van der Waals surface area contributed by atoms with Gasteiger partial charge in [0.2, 0.25) is 5.91 Å². The van der Waals surface area contributed by atoms with Crippen LogP contribution >= 0.6 is 27.7 Å². The predicted octanol–water partition coefficient (Wildman–Crippen LogP) is 6.66. The fourth-order valence-corrected chi connectivity index (χ4v) is 6.44. The first-order valence-corrected chi connectivity index (χ1v) is 15.7. The van der Waals surface area contributed by atoms with Crippen LogP contribution in [0.4, 0.5) is 5.69 Å². The van der Waals surface area contributed by atoms with E-state index in [0.29, 0.717) is 11.4 Å². The van der Waals surface area contributed by atoms with E-state index in [-0.39, 0.29) is 12.5 Å². The Kier molecular flexibility index (Phi) is 12.3. The van der Waals surface area contributed by atoms with Crippen molar-refractivity contribution >= 4 is 51.6 Å². The second-order valence-electron chi connectivity index (χ2n) is 10.2. The smallest absolute Gasteiger partial charge is 0.239 e. The molecule has 6 nitrogen and oxygen atoms in total. The lowest BCUT2D eigenvalue weighted by molar-refractivity contribution is -0.119. The number of para-hydroxylation sites is 1. The topological polar surface area (TPSA) is 70.7 Å². The lowest BCUT2D eigenvalue weighted by atomic mass is 9.90. The van der Waals surface area contributed by atoms with Crippen molar-refractivity contribution in [2.75, 3.05) is 45.2 Å². The lowest BCUT2D eigenvalue weighted by Crippen LogP contribution is -2.37. The van der Waals surface area contributed by atoms with E-state index >= 15 is 0 Å². The molecule has 8 heteroatoms. The fraction of sp³-hybridized carbons (Fsp3) is 0.333. The number of amides is 1. The van der Waals surface area contributed by atoms with Crippen LogP contribution in [-0.4, -0.2) is 56.9 Å². The number of hydrogen-bond donors (Lipinski definition) is 2. The van der Waals surface area contributed by atoms with Gasteiger partial charge >= 0.3 is 0 Å². The van der Waals surface area contributed by atoms with Gasteiger partial charge in [0.15, 0.2) is 6.29 Å². The van der Waals surface area contributed by atoms with Crippen LogP contribution in [0.3, 0.4) is 0 Å². The molecule has 0 atom stereocenters. The highest BCUT2D eigenvalue weighted by molar-refractivity contribution is 9.10. The minimum Gasteiger partial charge on any atom is -0.496 e. The number of allylic oxidation sites excluding steroid dienone is 1. The summed E-state index contributed by atoms with van der Waals surface area (Å²) in [6.45, 7) is 4.12. The molecular weight excluding hydrogens is 598 g/mol. The average Bonchev–Trinajstić information content (AvgIpc) is 3.00. The van der Waals surface area contributed by atoms with Gasteiger partial charge in [-0.3, -0.25) is 9.59 Å². The van der Waals surface area contributed by atoms with Crippen molar-refractivity contribution in [1.29, 1.82) is 0 Å². The maximum Gasteiger partial charge on any atom is 0.239 e. The Labute approximate surface area is 256 Å². The Hall–Kier alpha value is -3.07. The first-order valence-electron chi connectivity index (χ1n) is 14.1. The van der Waals surface area contributed by atoms with Crippen LogP contribution in [-0.2, 0) is 16.0 Å². The fourth-order valence-electron chi connectivity index (χ4n) is 4.98. The molecule has 0 aliphatic carbocycles. The Bertz CT molecular complexity index is 1310. The molecular formula is C33H38BrN3O3S. The van der Waals surface area contributed by atoms with E-state index in [1.165, 1.54) is 36.6 Å². The average molecular weight is 637 g/mol. The number of nitrogens with zero attached hydrogens (tertiary/aromatic N) is 1. The van der Waals surface area contributed by atoms with Crippen molar-refractivity contribution in [3.05, 3.63) is 93.3 Å². The first kappa shape index (κ1) is 30.9. The number of nitrogens with one attached hydrogen (secondary N) is 2. The third-order valence-corrected chi connectivity index (χ3v) is 8.85. The summed E-state index contributed by atoms with van der Waals surface area (Å²) < 4.78 is 6.10. The van der Waals surface area contributed by atoms with Crippen molar-refractivity contribution in [1.82, 2.24) is 10.2 Å². The number of carbonyl (C=O) groups is 2. The van der Waals surface area contributed by atoms with E-state index in [0.717, 1.165) is 64.6 Å². The first-order chi connectivity index (χ1) is 20.0. The number of carbonyl (C=O) groups excluding carboxylic acids is 2. The van der Waals surface area contributed by atoms with Crippen LogP contribution in [0.2, 0.25) is 0 Å². The van der Waals surface area contributed by atoms with Gasteiger partial charge in [-0.15, -0.1) is 0 Å². The van der Waals surface area contributed by atoms with Gasteiger partial charge in [-0.05, 0) is 109 Å². The van der Waals surface area contributed by atoms with Crippen molar-refractivity contribution in [3.8, 4) is 5.75 Å². The molecule has 1 aliphatic heterocycles. The number of anilines is 1. The second-order valence-corrected chi connectivity index (χ2v) is 12.2. The number of rotatable bonds is 14. The normalized spacial score (nSPS) is 14.4. The summed E-state index contributed by atoms with van der Waals surface area (Å²) >= 11 is 4.85. The van der Waals surface area contributed by atoms with Crippen molar-refractivity contribution < 1.29 is 14.3 Å². The Morgan fingerprint density at radius 3 is 2.56 bits per heavy atom. The van der Waals surface area contributed by atoms with Crippen molar-refractivity contribution in [3.63, 3.8) is 0 Å². The number of thioether (sulfide) groups is 1. The molecule has 0 saturated carbocycles. The molecule has 4 rings (SSSR count). The monoisotopic (exact) mass is 635 g/mol. The van der Waals surface area contributed by atoms with Crippen LogP contribution in [0.5, 0.6) is 5.75 Å². The number of likely N-dealkylation sites (tertiary alicyclic amines) is 1. The van der Waals surface area contributed by atoms with Gasteiger partial charge in [0.25, 0.3) is 0 Å². The molecule has 1 aliphatic rings. The van der Waals surface area contributed by atoms with E-state index in [1.54, 1.807) is 7.11 Å². The molecule has 0 radical (unpaired) electrons. The highest BCUT2D eigenvalue weighted by Gasteiger charge is 2.19. The van der Waals surface area contributed by atoms with Crippen LogP contribution in [0.1, 0.15) is 30.4 Å². The van der Waals surface area contributed by atoms with Gasteiger partial charge in [-0.25, -0.2) is 0 Å². The zero-order valence-electron chi connectivity index (χ0n) is 23.5. The quantitative estimate of drug-likeness (QED) is 0.0893. The molecule has 1 saturated heterocycles. The highest BCUT2D eigenvalue weighted by Crippen LogP contribution is 2.34. The molecule has 2 N–H and O–H groups in total. The molecule has 0 bridgehead atoms. The van der Waals surface area contributed by atoms with Gasteiger partial charge < -0.3 is 20.3 Å². The predicted molar refractivity (Wildman–Crippen MR) is 172 cm³/mol. The summed E-state index contributed by atoms with van der Waals surface area (Å²) in [5.74, 6) is 1.46. The minimum atomic E-state index is -0.0411. The van der Waals surface area contributed by atoms with Gasteiger partial charge in [0.05, 0.1) is 23.0 Å². The number of ether oxygens (including phenoxy) is 1. The van der Waals surface area contributed by atoms with Crippen molar-refractivity contribution in [2.45, 2.75) is 30.6 Å². The van der Waals surface area contributed by atoms with E-state index in [1.807, 2.05) is 48.5 Å². The van der Waals surface area contributed by atoms with Crippen LogP contribution in [0.15, 0.2) is 87.1 Å². The third kappa shape index (κ3) is 10.1. The molecule has 0 unspecified atom stereocenters. The molecule has 216 valence electrons. The van der Waals surface area contributed by atoms with Crippen molar-refractivity contribution in [2.24, 2.45) is 5.92 Å². The summed E-state index contributed by atoms with van der Waals surface area (Å²) in [7, 11) is 1.62. The van der Waals surface area contributed by atoms with Gasteiger partial charge in [-0.2, -0.15) is 0 Å². The molecule has 1 amide bonds. The van der Waals surface area contributed by atoms with E-state index in [4.69, 9.17) is 4.74 Å². The summed E-state index contributed by atoms with van der Waals surface area (Å²) in [4.78, 5) is 28.3. The summed E-state index contributed by atoms with van der Waals surface area (Å²) in [5.41, 5.74) is 3.13.